The lowest BCUT2D eigenvalue weighted by atomic mass is 10.1. The molecular weight excluding hydrogens is 270 g/mol. The number of rotatable bonds is 3. The third-order valence-corrected chi connectivity index (χ3v) is 4.26. The maximum Gasteiger partial charge on any atom is 0.0471 e. The first-order valence-electron chi connectivity index (χ1n) is 6.92. The van der Waals surface area contributed by atoms with Gasteiger partial charge in [-0.05, 0) is 54.8 Å². The van der Waals surface area contributed by atoms with Crippen LogP contribution in [0.15, 0.2) is 42.7 Å². The third-order valence-electron chi connectivity index (χ3n) is 3.91. The van der Waals surface area contributed by atoms with Crippen LogP contribution in [0.25, 0.3) is 0 Å². The molecule has 104 valence electrons. The SMILES string of the molecule is Nc1ccc(CN2CCCC2c2ccncc2)c(Cl)c1. The summed E-state index contributed by atoms with van der Waals surface area (Å²) >= 11 is 6.29. The van der Waals surface area contributed by atoms with Gasteiger partial charge in [0.25, 0.3) is 0 Å². The summed E-state index contributed by atoms with van der Waals surface area (Å²) in [6.07, 6.45) is 6.14. The molecule has 1 atom stereocenters. The fourth-order valence-corrected chi connectivity index (χ4v) is 3.14. The summed E-state index contributed by atoms with van der Waals surface area (Å²) in [7, 11) is 0. The molecule has 0 bridgehead atoms. The van der Waals surface area contributed by atoms with Crippen molar-refractivity contribution in [1.82, 2.24) is 9.88 Å². The normalized spacial score (nSPS) is 19.4. The lowest BCUT2D eigenvalue weighted by Gasteiger charge is -2.25. The monoisotopic (exact) mass is 287 g/mol. The maximum atomic E-state index is 6.29. The number of pyridine rings is 1. The molecule has 4 heteroatoms. The standard InChI is InChI=1S/C16H18ClN3/c17-15-10-14(18)4-3-13(15)11-20-9-1-2-16(20)12-5-7-19-8-6-12/h3-8,10,16H,1-2,9,11,18H2. The number of anilines is 1. The highest BCUT2D eigenvalue weighted by molar-refractivity contribution is 6.31. The van der Waals surface area contributed by atoms with Gasteiger partial charge < -0.3 is 5.73 Å². The van der Waals surface area contributed by atoms with Crippen molar-refractivity contribution in [2.24, 2.45) is 0 Å². The Morgan fingerprint density at radius 3 is 2.80 bits per heavy atom. The molecule has 3 rings (SSSR count). The van der Waals surface area contributed by atoms with E-state index in [1.54, 1.807) is 0 Å². The van der Waals surface area contributed by atoms with Gasteiger partial charge in [0, 0.05) is 35.7 Å². The van der Waals surface area contributed by atoms with Crippen LogP contribution >= 0.6 is 11.6 Å². The van der Waals surface area contributed by atoms with Crippen LogP contribution in [-0.4, -0.2) is 16.4 Å². The van der Waals surface area contributed by atoms with E-state index in [0.717, 1.165) is 23.7 Å². The van der Waals surface area contributed by atoms with E-state index in [1.807, 2.05) is 30.6 Å². The Balaban J connectivity index is 1.79. The number of hydrogen-bond acceptors (Lipinski definition) is 3. The van der Waals surface area contributed by atoms with Gasteiger partial charge in [-0.3, -0.25) is 9.88 Å². The number of hydrogen-bond donors (Lipinski definition) is 1. The molecule has 2 heterocycles. The van der Waals surface area contributed by atoms with Crippen LogP contribution in [0.4, 0.5) is 5.69 Å². The van der Waals surface area contributed by atoms with E-state index < -0.39 is 0 Å². The van der Waals surface area contributed by atoms with Crippen molar-refractivity contribution in [3.05, 3.63) is 58.9 Å². The van der Waals surface area contributed by atoms with Crippen LogP contribution < -0.4 is 5.73 Å². The number of likely N-dealkylation sites (tertiary alicyclic amines) is 1. The van der Waals surface area contributed by atoms with E-state index in [0.29, 0.717) is 11.7 Å². The largest absolute Gasteiger partial charge is 0.399 e. The number of nitrogens with two attached hydrogens (primary N) is 1. The molecule has 0 saturated carbocycles. The summed E-state index contributed by atoms with van der Waals surface area (Å²) in [5.41, 5.74) is 8.94. The average Bonchev–Trinajstić information content (AvgIpc) is 2.91. The van der Waals surface area contributed by atoms with Crippen LogP contribution in [0.3, 0.4) is 0 Å². The second-order valence-corrected chi connectivity index (χ2v) is 5.67. The predicted molar refractivity (Wildman–Crippen MR) is 82.5 cm³/mol. The van der Waals surface area contributed by atoms with E-state index in [-0.39, 0.29) is 0 Å². The van der Waals surface area contributed by atoms with Gasteiger partial charge >= 0.3 is 0 Å². The fourth-order valence-electron chi connectivity index (χ4n) is 2.89. The molecule has 1 fully saturated rings. The van der Waals surface area contributed by atoms with E-state index in [1.165, 1.54) is 18.4 Å². The van der Waals surface area contributed by atoms with E-state index in [2.05, 4.69) is 22.0 Å². The Hall–Kier alpha value is -1.58. The van der Waals surface area contributed by atoms with Crippen LogP contribution in [0.5, 0.6) is 0 Å². The molecule has 2 aromatic rings. The van der Waals surface area contributed by atoms with Gasteiger partial charge in [-0.2, -0.15) is 0 Å². The summed E-state index contributed by atoms with van der Waals surface area (Å²) in [5, 5.41) is 0.755. The van der Waals surface area contributed by atoms with E-state index in [9.17, 15) is 0 Å². The Bertz CT molecular complexity index is 586. The van der Waals surface area contributed by atoms with E-state index >= 15 is 0 Å². The smallest absolute Gasteiger partial charge is 0.0471 e. The summed E-state index contributed by atoms with van der Waals surface area (Å²) in [6.45, 7) is 1.97. The first-order chi connectivity index (χ1) is 9.74. The van der Waals surface area contributed by atoms with Crippen LogP contribution in [-0.2, 0) is 6.54 Å². The zero-order valence-electron chi connectivity index (χ0n) is 11.3. The summed E-state index contributed by atoms with van der Waals surface area (Å²) in [5.74, 6) is 0. The second-order valence-electron chi connectivity index (χ2n) is 5.26. The van der Waals surface area contributed by atoms with Gasteiger partial charge in [0.2, 0.25) is 0 Å². The van der Waals surface area contributed by atoms with Crippen molar-refractivity contribution in [3.63, 3.8) is 0 Å². The van der Waals surface area contributed by atoms with Crippen molar-refractivity contribution < 1.29 is 0 Å². The zero-order valence-corrected chi connectivity index (χ0v) is 12.1. The molecule has 0 amide bonds. The fraction of sp³-hybridized carbons (Fsp3) is 0.312. The molecule has 0 spiro atoms. The van der Waals surface area contributed by atoms with Gasteiger partial charge in [0.05, 0.1) is 0 Å². The first-order valence-corrected chi connectivity index (χ1v) is 7.30. The Labute approximate surface area is 124 Å². The highest BCUT2D eigenvalue weighted by Gasteiger charge is 2.26. The summed E-state index contributed by atoms with van der Waals surface area (Å²) in [4.78, 5) is 6.58. The molecule has 1 unspecified atom stereocenters. The Kier molecular flexibility index (Phi) is 3.90. The van der Waals surface area contributed by atoms with Gasteiger partial charge in [-0.1, -0.05) is 17.7 Å². The molecule has 0 radical (unpaired) electrons. The van der Waals surface area contributed by atoms with Crippen LogP contribution in [0.1, 0.15) is 30.0 Å². The summed E-state index contributed by atoms with van der Waals surface area (Å²) in [6, 6.07) is 10.4. The minimum Gasteiger partial charge on any atom is -0.399 e. The van der Waals surface area contributed by atoms with Crippen molar-refractivity contribution in [2.45, 2.75) is 25.4 Å². The molecule has 1 aromatic heterocycles. The predicted octanol–water partition coefficient (Wildman–Crippen LogP) is 3.65. The minimum atomic E-state index is 0.464. The van der Waals surface area contributed by atoms with Crippen LogP contribution in [0.2, 0.25) is 5.02 Å². The molecule has 1 saturated heterocycles. The highest BCUT2D eigenvalue weighted by atomic mass is 35.5. The minimum absolute atomic E-state index is 0.464. The molecule has 2 N–H and O–H groups in total. The number of benzene rings is 1. The van der Waals surface area contributed by atoms with Gasteiger partial charge in [0.15, 0.2) is 0 Å². The molecule has 1 aromatic carbocycles. The number of nitrogens with zero attached hydrogens (tertiary/aromatic N) is 2. The molecular formula is C16H18ClN3. The lowest BCUT2D eigenvalue weighted by Crippen LogP contribution is -2.23. The second kappa shape index (κ2) is 5.81. The van der Waals surface area contributed by atoms with Gasteiger partial charge in [-0.25, -0.2) is 0 Å². The average molecular weight is 288 g/mol. The first kappa shape index (κ1) is 13.4. The highest BCUT2D eigenvalue weighted by Crippen LogP contribution is 2.34. The van der Waals surface area contributed by atoms with Gasteiger partial charge in [0.1, 0.15) is 0 Å². The van der Waals surface area contributed by atoms with Crippen molar-refractivity contribution in [1.29, 1.82) is 0 Å². The number of nitrogen functional groups attached to an aromatic ring is 1. The van der Waals surface area contributed by atoms with Gasteiger partial charge in [-0.15, -0.1) is 0 Å². The zero-order chi connectivity index (χ0) is 13.9. The van der Waals surface area contributed by atoms with Crippen molar-refractivity contribution >= 4 is 17.3 Å². The molecule has 3 nitrogen and oxygen atoms in total. The lowest BCUT2D eigenvalue weighted by molar-refractivity contribution is 0.248. The molecule has 1 aliphatic rings. The van der Waals surface area contributed by atoms with Crippen molar-refractivity contribution in [2.75, 3.05) is 12.3 Å². The Morgan fingerprint density at radius 1 is 1.25 bits per heavy atom. The molecule has 1 aliphatic heterocycles. The summed E-state index contributed by atoms with van der Waals surface area (Å²) < 4.78 is 0. The van der Waals surface area contributed by atoms with Crippen LogP contribution in [0, 0.1) is 0 Å². The number of halogens is 1. The van der Waals surface area contributed by atoms with Crippen molar-refractivity contribution in [3.8, 4) is 0 Å². The maximum absolute atomic E-state index is 6.29. The molecule has 0 aliphatic carbocycles. The molecule has 20 heavy (non-hydrogen) atoms. The van der Waals surface area contributed by atoms with E-state index in [4.69, 9.17) is 17.3 Å². The quantitative estimate of drug-likeness (QED) is 0.876. The topological polar surface area (TPSA) is 42.1 Å². The third kappa shape index (κ3) is 2.79. The Morgan fingerprint density at radius 2 is 2.05 bits per heavy atom. The number of aromatic nitrogens is 1.